The molecule has 0 aliphatic carbocycles. The molecule has 0 aliphatic heterocycles. The van der Waals surface area contributed by atoms with Crippen LogP contribution in [0.1, 0.15) is 30.0 Å². The highest BCUT2D eigenvalue weighted by atomic mass is 16.5. The second-order valence-electron chi connectivity index (χ2n) is 6.11. The van der Waals surface area contributed by atoms with Crippen molar-refractivity contribution in [2.75, 3.05) is 6.61 Å². The van der Waals surface area contributed by atoms with Crippen LogP contribution in [0, 0.1) is 24.7 Å². The monoisotopic (exact) mass is 323 g/mol. The number of aryl methyl sites for hydroxylation is 2. The van der Waals surface area contributed by atoms with E-state index in [2.05, 4.69) is 24.0 Å². The van der Waals surface area contributed by atoms with Crippen molar-refractivity contribution in [3.05, 3.63) is 65.2 Å². The van der Waals surface area contributed by atoms with Crippen LogP contribution in [-0.4, -0.2) is 17.9 Å². The lowest BCUT2D eigenvalue weighted by Crippen LogP contribution is -2.27. The molecule has 0 spiro atoms. The Labute approximate surface area is 144 Å². The number of hydrogen-bond donors (Lipinski definition) is 2. The normalized spacial score (nSPS) is 12.8. The van der Waals surface area contributed by atoms with Crippen LogP contribution in [0.4, 0.5) is 0 Å². The first-order valence-corrected chi connectivity index (χ1v) is 8.25. The van der Waals surface area contributed by atoms with Gasteiger partial charge in [-0.3, -0.25) is 0 Å². The third kappa shape index (κ3) is 6.08. The Bertz CT molecular complexity index is 679. The Morgan fingerprint density at radius 1 is 1.08 bits per heavy atom. The lowest BCUT2D eigenvalue weighted by Gasteiger charge is -2.13. The largest absolute Gasteiger partial charge is 0.481 e. The van der Waals surface area contributed by atoms with Crippen molar-refractivity contribution in [3.63, 3.8) is 0 Å². The summed E-state index contributed by atoms with van der Waals surface area (Å²) in [6.07, 6.45) is 1.02. The van der Waals surface area contributed by atoms with Gasteiger partial charge in [0.25, 0.3) is 0 Å². The number of aliphatic hydroxyl groups is 1. The van der Waals surface area contributed by atoms with Gasteiger partial charge in [-0.05, 0) is 55.5 Å². The fraction of sp³-hybridized carbons (Fsp3) is 0.333. The summed E-state index contributed by atoms with van der Waals surface area (Å²) >= 11 is 0. The molecule has 0 radical (unpaired) electrons. The molecule has 0 saturated heterocycles. The third-order valence-corrected chi connectivity index (χ3v) is 3.99. The molecule has 0 bridgehead atoms. The van der Waals surface area contributed by atoms with Crippen LogP contribution in [0.3, 0.4) is 0 Å². The van der Waals surface area contributed by atoms with Crippen molar-refractivity contribution < 1.29 is 9.84 Å². The summed E-state index contributed by atoms with van der Waals surface area (Å²) in [7, 11) is 0. The van der Waals surface area contributed by atoms with Crippen LogP contribution in [0.5, 0.6) is 5.75 Å². The molecular formula is C21H25NO2. The Morgan fingerprint density at radius 2 is 1.75 bits per heavy atom. The molecule has 0 amide bonds. The van der Waals surface area contributed by atoms with E-state index in [1.54, 1.807) is 0 Å². The predicted octanol–water partition coefficient (Wildman–Crippen LogP) is 3.27. The highest BCUT2D eigenvalue weighted by molar-refractivity contribution is 5.36. The Hall–Kier alpha value is -2.28. The Balaban J connectivity index is 1.80. The van der Waals surface area contributed by atoms with Crippen LogP contribution in [0.25, 0.3) is 0 Å². The van der Waals surface area contributed by atoms with Gasteiger partial charge in [0.15, 0.2) is 0 Å². The van der Waals surface area contributed by atoms with Gasteiger partial charge in [-0.25, -0.2) is 0 Å². The zero-order valence-electron chi connectivity index (χ0n) is 14.3. The quantitative estimate of drug-likeness (QED) is 0.634. The molecule has 3 N–H and O–H groups in total. The van der Waals surface area contributed by atoms with Crippen molar-refractivity contribution >= 4 is 0 Å². The van der Waals surface area contributed by atoms with E-state index in [-0.39, 0.29) is 5.92 Å². The zero-order valence-corrected chi connectivity index (χ0v) is 14.3. The van der Waals surface area contributed by atoms with Gasteiger partial charge in [0, 0.05) is 5.56 Å². The van der Waals surface area contributed by atoms with Gasteiger partial charge in [0.1, 0.15) is 18.6 Å². The fourth-order valence-electron chi connectivity index (χ4n) is 2.21. The second kappa shape index (κ2) is 9.12. The van der Waals surface area contributed by atoms with Crippen LogP contribution in [0.2, 0.25) is 0 Å². The number of aliphatic hydroxyl groups excluding tert-OH is 1. The zero-order chi connectivity index (χ0) is 17.4. The lowest BCUT2D eigenvalue weighted by molar-refractivity contribution is 0.118. The van der Waals surface area contributed by atoms with Crippen molar-refractivity contribution in [1.82, 2.24) is 0 Å². The highest BCUT2D eigenvalue weighted by Gasteiger charge is 2.08. The minimum Gasteiger partial charge on any atom is -0.481 e. The summed E-state index contributed by atoms with van der Waals surface area (Å²) in [6, 6.07) is 16.1. The maximum Gasteiger partial charge on any atom is 0.149 e. The van der Waals surface area contributed by atoms with Gasteiger partial charge < -0.3 is 15.6 Å². The number of benzene rings is 2. The molecule has 3 heteroatoms. The third-order valence-electron chi connectivity index (χ3n) is 3.99. The number of hydrogen-bond acceptors (Lipinski definition) is 3. The predicted molar refractivity (Wildman–Crippen MR) is 97.7 cm³/mol. The van der Waals surface area contributed by atoms with E-state index in [9.17, 15) is 5.11 Å². The van der Waals surface area contributed by atoms with Crippen LogP contribution in [-0.2, 0) is 6.42 Å². The smallest absolute Gasteiger partial charge is 0.149 e. The van der Waals surface area contributed by atoms with Crippen LogP contribution in [0.15, 0.2) is 48.5 Å². The summed E-state index contributed by atoms with van der Waals surface area (Å²) < 4.78 is 5.58. The molecule has 0 fully saturated rings. The van der Waals surface area contributed by atoms with Gasteiger partial charge in [0.2, 0.25) is 0 Å². The van der Waals surface area contributed by atoms with Crippen molar-refractivity contribution in [3.8, 4) is 17.6 Å². The number of rotatable bonds is 6. The second-order valence-corrected chi connectivity index (χ2v) is 6.11. The van der Waals surface area contributed by atoms with Gasteiger partial charge in [-0.1, -0.05) is 48.6 Å². The lowest BCUT2D eigenvalue weighted by atomic mass is 9.99. The molecule has 126 valence electrons. The van der Waals surface area contributed by atoms with Crippen molar-refractivity contribution in [1.29, 1.82) is 0 Å². The van der Waals surface area contributed by atoms with E-state index in [1.165, 1.54) is 11.1 Å². The van der Waals surface area contributed by atoms with Crippen molar-refractivity contribution in [2.45, 2.75) is 32.9 Å². The molecule has 24 heavy (non-hydrogen) atoms. The first kappa shape index (κ1) is 18.1. The standard InChI is InChI=1S/C21H25NO2/c1-16-5-13-20(14-6-16)24-15-3-4-18-9-11-19(12-10-18)8-7-17(2)21(22)23/h5-6,9-14,17,21,23H,7-8,15,22H2,1-2H3/t17-,21?/m1/s1. The average molecular weight is 323 g/mol. The van der Waals surface area contributed by atoms with E-state index >= 15 is 0 Å². The molecular weight excluding hydrogens is 298 g/mol. The maximum absolute atomic E-state index is 9.31. The molecule has 1 unspecified atom stereocenters. The van der Waals surface area contributed by atoms with Gasteiger partial charge in [-0.15, -0.1) is 0 Å². The van der Waals surface area contributed by atoms with E-state index in [4.69, 9.17) is 10.5 Å². The summed E-state index contributed by atoms with van der Waals surface area (Å²) in [6.45, 7) is 4.38. The average Bonchev–Trinajstić information content (AvgIpc) is 2.59. The summed E-state index contributed by atoms with van der Waals surface area (Å²) in [5.41, 5.74) is 8.88. The molecule has 0 aliphatic rings. The minimum absolute atomic E-state index is 0.100. The molecule has 3 nitrogen and oxygen atoms in total. The summed E-state index contributed by atoms with van der Waals surface area (Å²) in [4.78, 5) is 0. The van der Waals surface area contributed by atoms with Gasteiger partial charge >= 0.3 is 0 Å². The summed E-state index contributed by atoms with van der Waals surface area (Å²) in [5.74, 6) is 7.06. The Kier molecular flexibility index (Phi) is 6.87. The first-order chi connectivity index (χ1) is 11.5. The SMILES string of the molecule is Cc1ccc(OCC#Cc2ccc(CC[C@@H](C)C(N)O)cc2)cc1. The van der Waals surface area contributed by atoms with Crippen molar-refractivity contribution in [2.24, 2.45) is 11.7 Å². The van der Waals surface area contributed by atoms with E-state index in [0.29, 0.717) is 6.61 Å². The molecule has 0 heterocycles. The summed E-state index contributed by atoms with van der Waals surface area (Å²) in [5, 5.41) is 9.31. The number of nitrogens with two attached hydrogens (primary N) is 1. The molecule has 0 saturated carbocycles. The molecule has 2 aromatic carbocycles. The Morgan fingerprint density at radius 3 is 2.38 bits per heavy atom. The van der Waals surface area contributed by atoms with E-state index in [0.717, 1.165) is 24.2 Å². The maximum atomic E-state index is 9.31. The molecule has 2 aromatic rings. The molecule has 0 aromatic heterocycles. The number of ether oxygens (including phenoxy) is 1. The minimum atomic E-state index is -0.747. The van der Waals surface area contributed by atoms with Gasteiger partial charge in [0.05, 0.1) is 0 Å². The van der Waals surface area contributed by atoms with Gasteiger partial charge in [-0.2, -0.15) is 0 Å². The molecule has 2 atom stereocenters. The topological polar surface area (TPSA) is 55.5 Å². The first-order valence-electron chi connectivity index (χ1n) is 8.25. The fourth-order valence-corrected chi connectivity index (χ4v) is 2.21. The van der Waals surface area contributed by atoms with Crippen LogP contribution < -0.4 is 10.5 Å². The highest BCUT2D eigenvalue weighted by Crippen LogP contribution is 2.12. The molecule has 2 rings (SSSR count). The van der Waals surface area contributed by atoms with Crippen LogP contribution >= 0.6 is 0 Å². The van der Waals surface area contributed by atoms with E-state index < -0.39 is 6.23 Å². The van der Waals surface area contributed by atoms with E-state index in [1.807, 2.05) is 50.2 Å².